The Balaban J connectivity index is 1.78. The van der Waals surface area contributed by atoms with Crippen molar-refractivity contribution >= 4 is 43.5 Å². The minimum Gasteiger partial charge on any atom is -0.494 e. The molecule has 1 atom stereocenters. The lowest BCUT2D eigenvalue weighted by atomic mass is 10.0. The van der Waals surface area contributed by atoms with Gasteiger partial charge in [-0.2, -0.15) is 0 Å². The van der Waals surface area contributed by atoms with Crippen molar-refractivity contribution in [2.75, 3.05) is 17.5 Å². The van der Waals surface area contributed by atoms with Crippen LogP contribution in [0.15, 0.2) is 119 Å². The second-order valence-corrected chi connectivity index (χ2v) is 13.6. The summed E-state index contributed by atoms with van der Waals surface area (Å²) in [7, 11) is -4.20. The van der Waals surface area contributed by atoms with Gasteiger partial charge in [-0.25, -0.2) is 8.42 Å². The van der Waals surface area contributed by atoms with Crippen LogP contribution in [0.2, 0.25) is 0 Å². The van der Waals surface area contributed by atoms with E-state index in [0.717, 1.165) is 19.9 Å². The van der Waals surface area contributed by atoms with Crippen LogP contribution in [0.1, 0.15) is 31.9 Å². The van der Waals surface area contributed by atoms with E-state index in [1.165, 1.54) is 17.0 Å². The number of hydrogen-bond donors (Lipinski definition) is 1. The Labute approximate surface area is 274 Å². The number of nitrogens with one attached hydrogen (secondary N) is 1. The Bertz CT molecular complexity index is 1670. The summed E-state index contributed by atoms with van der Waals surface area (Å²) in [5.41, 5.74) is 1.98. The first-order valence-corrected chi connectivity index (χ1v) is 17.0. The highest BCUT2D eigenvalue weighted by Crippen LogP contribution is 2.26. The van der Waals surface area contributed by atoms with Gasteiger partial charge in [0, 0.05) is 23.5 Å². The zero-order chi connectivity index (χ0) is 32.4. The number of halogens is 1. The summed E-state index contributed by atoms with van der Waals surface area (Å²) in [6.45, 7) is 5.58. The van der Waals surface area contributed by atoms with Gasteiger partial charge in [-0.15, -0.1) is 0 Å². The molecule has 2 amide bonds. The summed E-state index contributed by atoms with van der Waals surface area (Å²) in [6, 6.07) is 30.5. The predicted molar refractivity (Wildman–Crippen MR) is 180 cm³/mol. The zero-order valence-electron chi connectivity index (χ0n) is 25.6. The Morgan fingerprint density at radius 2 is 1.47 bits per heavy atom. The molecule has 4 aromatic rings. The standard InChI is InChI=1S/C35H38BrN3O5S/c1-4-44-31-18-20-32(21-19-31)45(42,43)39(30-16-9-6-10-17-30)25-34(40)38(24-28-14-11-15-29(36)22-28)33(35(41)37-26(2)3)23-27-12-7-5-8-13-27/h5-22,26,33H,4,23-25H2,1-3H3,(H,37,41)/t33-/m1/s1. The largest absolute Gasteiger partial charge is 0.494 e. The maximum atomic E-state index is 14.5. The van der Waals surface area contributed by atoms with Crippen LogP contribution < -0.4 is 14.4 Å². The van der Waals surface area contributed by atoms with Crippen LogP contribution >= 0.6 is 15.9 Å². The third-order valence-electron chi connectivity index (χ3n) is 6.99. The normalized spacial score (nSPS) is 11.9. The molecule has 0 bridgehead atoms. The number of amides is 2. The lowest BCUT2D eigenvalue weighted by molar-refractivity contribution is -0.140. The molecule has 4 rings (SSSR count). The molecule has 0 aliphatic heterocycles. The smallest absolute Gasteiger partial charge is 0.264 e. The number of anilines is 1. The highest BCUT2D eigenvalue weighted by atomic mass is 79.9. The highest BCUT2D eigenvalue weighted by Gasteiger charge is 2.34. The monoisotopic (exact) mass is 691 g/mol. The second kappa shape index (κ2) is 15.7. The van der Waals surface area contributed by atoms with Gasteiger partial charge in [0.1, 0.15) is 18.3 Å². The molecule has 10 heteroatoms. The topological polar surface area (TPSA) is 96.0 Å². The molecule has 0 heterocycles. The van der Waals surface area contributed by atoms with Crippen molar-refractivity contribution in [3.63, 3.8) is 0 Å². The average Bonchev–Trinajstić information content (AvgIpc) is 3.02. The van der Waals surface area contributed by atoms with Gasteiger partial charge in [0.25, 0.3) is 10.0 Å². The van der Waals surface area contributed by atoms with Crippen LogP contribution in [0, 0.1) is 0 Å². The molecule has 4 aromatic carbocycles. The molecule has 0 saturated heterocycles. The molecular weight excluding hydrogens is 654 g/mol. The van der Waals surface area contributed by atoms with Gasteiger partial charge in [-0.1, -0.05) is 76.6 Å². The number of carbonyl (C=O) groups excluding carboxylic acids is 2. The third kappa shape index (κ3) is 9.18. The molecule has 1 N–H and O–H groups in total. The summed E-state index contributed by atoms with van der Waals surface area (Å²) in [5, 5.41) is 2.97. The molecule has 0 aliphatic carbocycles. The van der Waals surface area contributed by atoms with Gasteiger partial charge in [-0.05, 0) is 80.4 Å². The van der Waals surface area contributed by atoms with E-state index in [1.54, 1.807) is 42.5 Å². The number of nitrogens with zero attached hydrogens (tertiary/aromatic N) is 2. The number of rotatable bonds is 14. The third-order valence-corrected chi connectivity index (χ3v) is 9.27. The van der Waals surface area contributed by atoms with Crippen molar-refractivity contribution in [3.8, 4) is 5.75 Å². The Morgan fingerprint density at radius 3 is 2.07 bits per heavy atom. The Hall–Kier alpha value is -4.15. The van der Waals surface area contributed by atoms with E-state index in [4.69, 9.17) is 4.74 Å². The summed E-state index contributed by atoms with van der Waals surface area (Å²) in [6.07, 6.45) is 0.246. The van der Waals surface area contributed by atoms with E-state index in [1.807, 2.05) is 75.4 Å². The molecule has 0 saturated carbocycles. The van der Waals surface area contributed by atoms with Crippen LogP contribution in [0.25, 0.3) is 0 Å². The number of sulfonamides is 1. The maximum absolute atomic E-state index is 14.5. The Kier molecular flexibility index (Phi) is 11.8. The fourth-order valence-electron chi connectivity index (χ4n) is 4.89. The van der Waals surface area contributed by atoms with Gasteiger partial charge in [-0.3, -0.25) is 13.9 Å². The number of ether oxygens (including phenoxy) is 1. The van der Waals surface area contributed by atoms with Crippen LogP contribution in [-0.2, 0) is 32.6 Å². The number of benzene rings is 4. The van der Waals surface area contributed by atoms with E-state index in [2.05, 4.69) is 21.2 Å². The molecule has 0 unspecified atom stereocenters. The molecule has 236 valence electrons. The zero-order valence-corrected chi connectivity index (χ0v) is 28.0. The molecule has 0 spiro atoms. The molecule has 0 radical (unpaired) electrons. The first-order valence-electron chi connectivity index (χ1n) is 14.8. The van der Waals surface area contributed by atoms with Gasteiger partial charge >= 0.3 is 0 Å². The van der Waals surface area contributed by atoms with Gasteiger partial charge in [0.05, 0.1) is 17.2 Å². The molecule has 0 aliphatic rings. The second-order valence-electron chi connectivity index (χ2n) is 10.8. The van der Waals surface area contributed by atoms with Gasteiger partial charge in [0.2, 0.25) is 11.8 Å². The van der Waals surface area contributed by atoms with Crippen molar-refractivity contribution in [2.24, 2.45) is 0 Å². The van der Waals surface area contributed by atoms with E-state index in [9.17, 15) is 18.0 Å². The lowest BCUT2D eigenvalue weighted by Crippen LogP contribution is -2.54. The Morgan fingerprint density at radius 1 is 0.844 bits per heavy atom. The quantitative estimate of drug-likeness (QED) is 0.170. The van der Waals surface area contributed by atoms with E-state index < -0.39 is 28.5 Å². The summed E-state index contributed by atoms with van der Waals surface area (Å²) >= 11 is 3.50. The van der Waals surface area contributed by atoms with Crippen molar-refractivity contribution < 1.29 is 22.7 Å². The summed E-state index contributed by atoms with van der Waals surface area (Å²) < 4.78 is 35.7. The fourth-order valence-corrected chi connectivity index (χ4v) is 6.75. The van der Waals surface area contributed by atoms with E-state index in [0.29, 0.717) is 18.0 Å². The maximum Gasteiger partial charge on any atom is 0.264 e. The number of hydrogen-bond acceptors (Lipinski definition) is 5. The summed E-state index contributed by atoms with van der Waals surface area (Å²) in [5.74, 6) is -0.301. The highest BCUT2D eigenvalue weighted by molar-refractivity contribution is 9.10. The van der Waals surface area contributed by atoms with Crippen molar-refractivity contribution in [1.29, 1.82) is 0 Å². The number of para-hydroxylation sites is 1. The van der Waals surface area contributed by atoms with Crippen LogP contribution in [0.5, 0.6) is 5.75 Å². The van der Waals surface area contributed by atoms with Gasteiger partial charge in [0.15, 0.2) is 0 Å². The first-order chi connectivity index (χ1) is 21.6. The van der Waals surface area contributed by atoms with Crippen molar-refractivity contribution in [2.45, 2.75) is 50.7 Å². The lowest BCUT2D eigenvalue weighted by Gasteiger charge is -2.34. The number of carbonyl (C=O) groups is 2. The van der Waals surface area contributed by atoms with Gasteiger partial charge < -0.3 is 15.0 Å². The van der Waals surface area contributed by atoms with Crippen molar-refractivity contribution in [1.82, 2.24) is 10.2 Å². The fraction of sp³-hybridized carbons (Fsp3) is 0.257. The van der Waals surface area contributed by atoms with Crippen LogP contribution in [-0.4, -0.2) is 50.4 Å². The first kappa shape index (κ1) is 33.7. The molecule has 0 fully saturated rings. The molecule has 8 nitrogen and oxygen atoms in total. The summed E-state index contributed by atoms with van der Waals surface area (Å²) in [4.78, 5) is 29.7. The molecule has 0 aromatic heterocycles. The van der Waals surface area contributed by atoms with Crippen LogP contribution in [0.4, 0.5) is 5.69 Å². The average molecular weight is 693 g/mol. The van der Waals surface area contributed by atoms with E-state index >= 15 is 0 Å². The van der Waals surface area contributed by atoms with E-state index in [-0.39, 0.29) is 29.8 Å². The van der Waals surface area contributed by atoms with Crippen LogP contribution in [0.3, 0.4) is 0 Å². The predicted octanol–water partition coefficient (Wildman–Crippen LogP) is 6.21. The molecular formula is C35H38BrN3O5S. The minimum atomic E-state index is -4.20. The molecule has 45 heavy (non-hydrogen) atoms. The SMILES string of the molecule is CCOc1ccc(S(=O)(=O)N(CC(=O)N(Cc2cccc(Br)c2)[C@H](Cc2ccccc2)C(=O)NC(C)C)c2ccccc2)cc1. The minimum absolute atomic E-state index is 0.0135. The van der Waals surface area contributed by atoms with Crippen molar-refractivity contribution in [3.05, 3.63) is 125 Å².